The summed E-state index contributed by atoms with van der Waals surface area (Å²) in [6.45, 7) is 3.67. The largest absolute Gasteiger partial charge is 0.273 e. The Hall–Kier alpha value is -1.80. The second-order valence-corrected chi connectivity index (χ2v) is 5.07. The van der Waals surface area contributed by atoms with Gasteiger partial charge in [-0.15, -0.1) is 0 Å². The summed E-state index contributed by atoms with van der Waals surface area (Å²) in [6, 6.07) is 3.59. The number of nitrogens with two attached hydrogens (primary N) is 1. The van der Waals surface area contributed by atoms with E-state index < -0.39 is 10.0 Å². The lowest BCUT2D eigenvalue weighted by atomic mass is 10.2. The van der Waals surface area contributed by atoms with E-state index in [-0.39, 0.29) is 11.0 Å². The van der Waals surface area contributed by atoms with Crippen LogP contribution in [0.3, 0.4) is 0 Å². The van der Waals surface area contributed by atoms with Crippen LogP contribution in [-0.2, 0) is 10.0 Å². The summed E-state index contributed by atoms with van der Waals surface area (Å²) < 4.78 is 22.1. The van der Waals surface area contributed by atoms with Gasteiger partial charge in [0.1, 0.15) is 0 Å². The Kier molecular flexibility index (Phi) is 2.68. The number of rotatable bonds is 2. The third-order valence-corrected chi connectivity index (χ3v) is 2.92. The third-order valence-electron chi connectivity index (χ3n) is 2.20. The van der Waals surface area contributed by atoms with Crippen molar-refractivity contribution in [2.75, 3.05) is 0 Å². The summed E-state index contributed by atoms with van der Waals surface area (Å²) in [6.07, 6.45) is 0. The molecule has 2 aromatic rings. The average molecular weight is 253 g/mol. The molecule has 0 spiro atoms. The van der Waals surface area contributed by atoms with Crippen LogP contribution in [0.2, 0.25) is 0 Å². The predicted octanol–water partition coefficient (Wildman–Crippen LogP) is 0.131. The van der Waals surface area contributed by atoms with Gasteiger partial charge in [-0.25, -0.2) is 18.7 Å². The van der Waals surface area contributed by atoms with Gasteiger partial charge >= 0.3 is 0 Å². The molecule has 2 aromatic heterocycles. The van der Waals surface area contributed by atoms with Gasteiger partial charge in [-0.2, -0.15) is 10.1 Å². The summed E-state index contributed by atoms with van der Waals surface area (Å²) in [4.78, 5) is 8.07. The summed E-state index contributed by atoms with van der Waals surface area (Å²) in [5.74, 6) is 0.263. The Morgan fingerprint density at radius 1 is 1.24 bits per heavy atom. The summed E-state index contributed by atoms with van der Waals surface area (Å²) in [5, 5.41) is 10.7. The zero-order chi connectivity index (χ0) is 12.6. The van der Waals surface area contributed by atoms with Crippen LogP contribution in [0, 0.1) is 13.8 Å². The minimum absolute atomic E-state index is 0.263. The fourth-order valence-corrected chi connectivity index (χ4v) is 1.80. The molecule has 0 aliphatic carbocycles. The number of nitrogens with zero attached hydrogens (tertiary/aromatic N) is 3. The maximum atomic E-state index is 11.0. The van der Waals surface area contributed by atoms with Crippen LogP contribution >= 0.6 is 0 Å². The Balaban J connectivity index is 2.51. The van der Waals surface area contributed by atoms with Crippen molar-refractivity contribution in [3.8, 4) is 11.4 Å². The first kappa shape index (κ1) is 11.7. The maximum Gasteiger partial charge on any atom is 0.273 e. The predicted molar refractivity (Wildman–Crippen MR) is 60.5 cm³/mol. The minimum Gasteiger partial charge on any atom is -0.258 e. The quantitative estimate of drug-likeness (QED) is 0.789. The standard InChI is InChI=1S/C9H11N5O2S/c1-5-3-4-7(6(2)11-5)8-12-9(14-13-8)17(10,15)16/h3-4H,1-2H3,(H2,10,15,16)(H,12,13,14). The van der Waals surface area contributed by atoms with Gasteiger partial charge < -0.3 is 0 Å². The van der Waals surface area contributed by atoms with Crippen LogP contribution in [0.4, 0.5) is 0 Å². The Morgan fingerprint density at radius 3 is 2.47 bits per heavy atom. The molecule has 0 saturated heterocycles. The van der Waals surface area contributed by atoms with Gasteiger partial charge in [0.25, 0.3) is 15.2 Å². The molecular formula is C9H11N5O2S. The number of hydrogen-bond donors (Lipinski definition) is 2. The second-order valence-electron chi connectivity index (χ2n) is 3.59. The lowest BCUT2D eigenvalue weighted by Crippen LogP contribution is -2.13. The van der Waals surface area contributed by atoms with Crippen LogP contribution in [0.1, 0.15) is 11.4 Å². The number of nitrogens with one attached hydrogen (secondary N) is 1. The molecule has 0 saturated carbocycles. The number of aromatic amines is 1. The SMILES string of the molecule is Cc1ccc(-c2n[nH]c(S(N)(=O)=O)n2)c(C)n1. The number of sulfonamides is 1. The highest BCUT2D eigenvalue weighted by atomic mass is 32.2. The molecule has 2 heterocycles. The van der Waals surface area contributed by atoms with Crippen molar-refractivity contribution in [2.45, 2.75) is 19.0 Å². The minimum atomic E-state index is -3.86. The molecule has 2 rings (SSSR count). The van der Waals surface area contributed by atoms with Crippen molar-refractivity contribution in [1.29, 1.82) is 0 Å². The van der Waals surface area contributed by atoms with Crippen LogP contribution in [0.5, 0.6) is 0 Å². The molecule has 3 N–H and O–H groups in total. The van der Waals surface area contributed by atoms with Crippen LogP contribution < -0.4 is 5.14 Å². The van der Waals surface area contributed by atoms with E-state index in [1.165, 1.54) is 0 Å². The van der Waals surface area contributed by atoms with E-state index in [1.54, 1.807) is 19.1 Å². The average Bonchev–Trinajstić information content (AvgIpc) is 2.65. The van der Waals surface area contributed by atoms with E-state index in [0.29, 0.717) is 5.56 Å². The number of aromatic nitrogens is 4. The number of aryl methyl sites for hydroxylation is 2. The lowest BCUT2D eigenvalue weighted by Gasteiger charge is -2.00. The fourth-order valence-electron chi connectivity index (χ4n) is 1.42. The van der Waals surface area contributed by atoms with Crippen LogP contribution in [0.25, 0.3) is 11.4 Å². The first-order valence-electron chi connectivity index (χ1n) is 4.78. The van der Waals surface area contributed by atoms with E-state index in [0.717, 1.165) is 11.4 Å². The highest BCUT2D eigenvalue weighted by molar-refractivity contribution is 7.89. The Bertz CT molecular complexity index is 662. The third kappa shape index (κ3) is 2.32. The maximum absolute atomic E-state index is 11.0. The van der Waals surface area contributed by atoms with Crippen molar-refractivity contribution in [3.05, 3.63) is 23.5 Å². The van der Waals surface area contributed by atoms with Gasteiger partial charge in [0, 0.05) is 17.0 Å². The second kappa shape index (κ2) is 3.90. The van der Waals surface area contributed by atoms with Gasteiger partial charge in [-0.3, -0.25) is 4.98 Å². The van der Waals surface area contributed by atoms with Crippen molar-refractivity contribution in [2.24, 2.45) is 5.14 Å². The highest BCUT2D eigenvalue weighted by Gasteiger charge is 2.16. The molecule has 8 heteroatoms. The molecule has 90 valence electrons. The summed E-state index contributed by atoms with van der Waals surface area (Å²) >= 11 is 0. The smallest absolute Gasteiger partial charge is 0.258 e. The molecule has 0 bridgehead atoms. The summed E-state index contributed by atoms with van der Waals surface area (Å²) in [7, 11) is -3.86. The van der Waals surface area contributed by atoms with Crippen LogP contribution in [0.15, 0.2) is 17.3 Å². The molecular weight excluding hydrogens is 242 g/mol. The zero-order valence-electron chi connectivity index (χ0n) is 9.30. The van der Waals surface area contributed by atoms with Crippen molar-refractivity contribution in [1.82, 2.24) is 20.2 Å². The zero-order valence-corrected chi connectivity index (χ0v) is 10.1. The van der Waals surface area contributed by atoms with E-state index in [1.807, 2.05) is 6.92 Å². The topological polar surface area (TPSA) is 115 Å². The van der Waals surface area contributed by atoms with Crippen molar-refractivity contribution < 1.29 is 8.42 Å². The molecule has 0 radical (unpaired) electrons. The molecule has 0 aliphatic rings. The molecule has 0 atom stereocenters. The fraction of sp³-hybridized carbons (Fsp3) is 0.222. The van der Waals surface area contributed by atoms with Gasteiger partial charge in [0.05, 0.1) is 0 Å². The highest BCUT2D eigenvalue weighted by Crippen LogP contribution is 2.18. The monoisotopic (exact) mass is 253 g/mol. The van der Waals surface area contributed by atoms with Gasteiger partial charge in [-0.1, -0.05) is 0 Å². The van der Waals surface area contributed by atoms with Gasteiger partial charge in [0.15, 0.2) is 5.82 Å². The van der Waals surface area contributed by atoms with E-state index >= 15 is 0 Å². The van der Waals surface area contributed by atoms with E-state index in [9.17, 15) is 8.42 Å². The van der Waals surface area contributed by atoms with Crippen LogP contribution in [-0.4, -0.2) is 28.6 Å². The molecule has 17 heavy (non-hydrogen) atoms. The lowest BCUT2D eigenvalue weighted by molar-refractivity contribution is 0.589. The number of primary sulfonamides is 1. The first-order valence-corrected chi connectivity index (χ1v) is 6.32. The van der Waals surface area contributed by atoms with Crippen molar-refractivity contribution >= 4 is 10.0 Å². The number of hydrogen-bond acceptors (Lipinski definition) is 5. The molecule has 7 nitrogen and oxygen atoms in total. The molecule has 0 unspecified atom stereocenters. The molecule has 0 aromatic carbocycles. The van der Waals surface area contributed by atoms with Gasteiger partial charge in [-0.05, 0) is 26.0 Å². The van der Waals surface area contributed by atoms with E-state index in [2.05, 4.69) is 20.2 Å². The molecule has 0 amide bonds. The molecule has 0 fully saturated rings. The summed E-state index contributed by atoms with van der Waals surface area (Å²) in [5.41, 5.74) is 2.26. The Labute approximate surface area is 98.2 Å². The first-order chi connectivity index (χ1) is 7.88. The number of pyridine rings is 1. The van der Waals surface area contributed by atoms with Gasteiger partial charge in [0.2, 0.25) is 0 Å². The van der Waals surface area contributed by atoms with Crippen molar-refractivity contribution in [3.63, 3.8) is 0 Å². The normalized spacial score (nSPS) is 11.7. The molecule has 0 aliphatic heterocycles. The van der Waals surface area contributed by atoms with E-state index in [4.69, 9.17) is 5.14 Å². The Morgan fingerprint density at radius 2 is 1.94 bits per heavy atom. The number of H-pyrrole nitrogens is 1.